The lowest BCUT2D eigenvalue weighted by molar-refractivity contribution is 0.213. The van der Waals surface area contributed by atoms with E-state index in [4.69, 9.17) is 15.6 Å². The molecule has 7 nitrogen and oxygen atoms in total. The lowest BCUT2D eigenvalue weighted by atomic mass is 10.2. The van der Waals surface area contributed by atoms with E-state index in [1.807, 2.05) is 4.90 Å². The van der Waals surface area contributed by atoms with E-state index in [1.54, 1.807) is 13.1 Å². The Balaban J connectivity index is 1.89. The molecule has 0 aromatic carbocycles. The summed E-state index contributed by atoms with van der Waals surface area (Å²) in [5.74, 6) is 1.55. The third-order valence-electron chi connectivity index (χ3n) is 3.08. The van der Waals surface area contributed by atoms with Gasteiger partial charge in [0.05, 0.1) is 12.6 Å². The lowest BCUT2D eigenvalue weighted by Gasteiger charge is -2.34. The molecule has 0 bridgehead atoms. The highest BCUT2D eigenvalue weighted by molar-refractivity contribution is 6.00. The molecule has 0 spiro atoms. The molecule has 2 heterocycles. The maximum atomic E-state index is 8.05. The highest BCUT2D eigenvalue weighted by Gasteiger charge is 2.17. The number of nitrogens with one attached hydrogen (secondary N) is 1. The SMILES string of the molecule is Cc1cnc(N=C(N)CC(=N)N2CCN(C)CC2)o1. The van der Waals surface area contributed by atoms with Crippen molar-refractivity contribution in [1.82, 2.24) is 14.8 Å². The monoisotopic (exact) mass is 264 g/mol. The van der Waals surface area contributed by atoms with E-state index in [0.717, 1.165) is 26.2 Å². The van der Waals surface area contributed by atoms with Crippen LogP contribution < -0.4 is 5.73 Å². The minimum absolute atomic E-state index is 0.251. The number of amidine groups is 2. The van der Waals surface area contributed by atoms with Crippen molar-refractivity contribution in [3.63, 3.8) is 0 Å². The Morgan fingerprint density at radius 1 is 1.47 bits per heavy atom. The van der Waals surface area contributed by atoms with Gasteiger partial charge in [0.25, 0.3) is 0 Å². The fourth-order valence-electron chi connectivity index (χ4n) is 1.92. The summed E-state index contributed by atoms with van der Waals surface area (Å²) >= 11 is 0. The summed E-state index contributed by atoms with van der Waals surface area (Å²) in [6.45, 7) is 5.46. The van der Waals surface area contributed by atoms with Gasteiger partial charge in [-0.05, 0) is 14.0 Å². The molecule has 0 saturated carbocycles. The predicted molar refractivity (Wildman–Crippen MR) is 73.9 cm³/mol. The highest BCUT2D eigenvalue weighted by Crippen LogP contribution is 2.11. The fourth-order valence-corrected chi connectivity index (χ4v) is 1.92. The predicted octanol–water partition coefficient (Wildman–Crippen LogP) is 0.586. The van der Waals surface area contributed by atoms with Gasteiger partial charge in [-0.15, -0.1) is 0 Å². The molecule has 1 saturated heterocycles. The van der Waals surface area contributed by atoms with Crippen LogP contribution in [0.4, 0.5) is 6.01 Å². The molecule has 1 aromatic heterocycles. The average molecular weight is 264 g/mol. The van der Waals surface area contributed by atoms with Crippen molar-refractivity contribution in [3.05, 3.63) is 12.0 Å². The highest BCUT2D eigenvalue weighted by atomic mass is 16.4. The summed E-state index contributed by atoms with van der Waals surface area (Å²) in [7, 11) is 2.09. The molecule has 1 aliphatic heterocycles. The molecule has 0 unspecified atom stereocenters. The van der Waals surface area contributed by atoms with Crippen molar-refractivity contribution in [2.45, 2.75) is 13.3 Å². The van der Waals surface area contributed by atoms with Gasteiger partial charge in [0.2, 0.25) is 0 Å². The van der Waals surface area contributed by atoms with Crippen LogP contribution in [0.1, 0.15) is 12.2 Å². The maximum Gasteiger partial charge on any atom is 0.323 e. The number of oxazole rings is 1. The number of nitrogens with two attached hydrogens (primary N) is 1. The Morgan fingerprint density at radius 2 is 2.16 bits per heavy atom. The lowest BCUT2D eigenvalue weighted by Crippen LogP contribution is -2.47. The van der Waals surface area contributed by atoms with E-state index in [0.29, 0.717) is 23.9 Å². The first-order valence-electron chi connectivity index (χ1n) is 6.31. The first-order valence-corrected chi connectivity index (χ1v) is 6.31. The number of rotatable bonds is 3. The Bertz CT molecular complexity index is 472. The van der Waals surface area contributed by atoms with Crippen molar-refractivity contribution in [1.29, 1.82) is 5.41 Å². The minimum atomic E-state index is 0.251. The van der Waals surface area contributed by atoms with E-state index in [2.05, 4.69) is 21.9 Å². The summed E-state index contributed by atoms with van der Waals surface area (Å²) in [5, 5.41) is 8.05. The van der Waals surface area contributed by atoms with E-state index in [9.17, 15) is 0 Å². The second kappa shape index (κ2) is 5.83. The second-order valence-corrected chi connectivity index (χ2v) is 4.77. The third kappa shape index (κ3) is 3.78. The van der Waals surface area contributed by atoms with Crippen molar-refractivity contribution < 1.29 is 4.42 Å². The molecule has 0 aliphatic carbocycles. The van der Waals surface area contributed by atoms with Crippen LogP contribution in [-0.4, -0.2) is 59.7 Å². The van der Waals surface area contributed by atoms with Crippen LogP contribution in [0, 0.1) is 12.3 Å². The van der Waals surface area contributed by atoms with Gasteiger partial charge in [0.1, 0.15) is 17.4 Å². The van der Waals surface area contributed by atoms with Gasteiger partial charge in [-0.25, -0.2) is 0 Å². The number of likely N-dealkylation sites (N-methyl/N-ethyl adjacent to an activating group) is 1. The first kappa shape index (κ1) is 13.5. The van der Waals surface area contributed by atoms with Gasteiger partial charge in [-0.1, -0.05) is 0 Å². The quantitative estimate of drug-likeness (QED) is 0.615. The molecule has 1 fully saturated rings. The van der Waals surface area contributed by atoms with Gasteiger partial charge in [0.15, 0.2) is 0 Å². The topological polar surface area (TPSA) is 94.7 Å². The van der Waals surface area contributed by atoms with Crippen molar-refractivity contribution in [2.24, 2.45) is 10.7 Å². The Labute approximate surface area is 112 Å². The molecule has 1 aliphatic rings. The maximum absolute atomic E-state index is 8.05. The molecular weight excluding hydrogens is 244 g/mol. The molecule has 3 N–H and O–H groups in total. The zero-order chi connectivity index (χ0) is 13.8. The number of hydrogen-bond donors (Lipinski definition) is 2. The molecule has 19 heavy (non-hydrogen) atoms. The largest absolute Gasteiger partial charge is 0.427 e. The van der Waals surface area contributed by atoms with Crippen LogP contribution >= 0.6 is 0 Å². The van der Waals surface area contributed by atoms with E-state index < -0.39 is 0 Å². The summed E-state index contributed by atoms with van der Waals surface area (Å²) in [6.07, 6.45) is 1.92. The average Bonchev–Trinajstić information content (AvgIpc) is 2.75. The second-order valence-electron chi connectivity index (χ2n) is 4.77. The van der Waals surface area contributed by atoms with E-state index in [-0.39, 0.29) is 6.01 Å². The summed E-state index contributed by atoms with van der Waals surface area (Å²) < 4.78 is 5.23. The smallest absolute Gasteiger partial charge is 0.323 e. The van der Waals surface area contributed by atoms with Gasteiger partial charge in [-0.2, -0.15) is 9.98 Å². The molecule has 7 heteroatoms. The Morgan fingerprint density at radius 3 is 2.74 bits per heavy atom. The van der Waals surface area contributed by atoms with Crippen molar-refractivity contribution in [2.75, 3.05) is 33.2 Å². The van der Waals surface area contributed by atoms with Gasteiger partial charge in [-0.3, -0.25) is 5.41 Å². The molecule has 0 radical (unpaired) electrons. The van der Waals surface area contributed by atoms with Crippen LogP contribution in [0.15, 0.2) is 15.6 Å². The van der Waals surface area contributed by atoms with Crippen molar-refractivity contribution in [3.8, 4) is 0 Å². The van der Waals surface area contributed by atoms with Crippen LogP contribution in [0.25, 0.3) is 0 Å². The minimum Gasteiger partial charge on any atom is -0.427 e. The first-order chi connectivity index (χ1) is 9.04. The summed E-state index contributed by atoms with van der Waals surface area (Å²) in [4.78, 5) is 12.3. The zero-order valence-electron chi connectivity index (χ0n) is 11.4. The summed E-state index contributed by atoms with van der Waals surface area (Å²) in [6, 6.07) is 0.251. The zero-order valence-corrected chi connectivity index (χ0v) is 11.4. The molecule has 1 aromatic rings. The number of aromatic nitrogens is 1. The molecular formula is C12H20N6O. The van der Waals surface area contributed by atoms with Gasteiger partial charge < -0.3 is 20.0 Å². The van der Waals surface area contributed by atoms with Crippen LogP contribution in [0.3, 0.4) is 0 Å². The van der Waals surface area contributed by atoms with E-state index >= 15 is 0 Å². The number of piperazine rings is 1. The third-order valence-corrected chi connectivity index (χ3v) is 3.08. The van der Waals surface area contributed by atoms with E-state index in [1.165, 1.54) is 0 Å². The Hall–Kier alpha value is -1.89. The molecule has 0 atom stereocenters. The van der Waals surface area contributed by atoms with Crippen molar-refractivity contribution >= 4 is 17.7 Å². The van der Waals surface area contributed by atoms with Crippen LogP contribution in [0.2, 0.25) is 0 Å². The molecule has 2 rings (SSSR count). The Kier molecular flexibility index (Phi) is 4.16. The number of nitrogens with zero attached hydrogens (tertiary/aromatic N) is 4. The normalized spacial score (nSPS) is 17.8. The number of hydrogen-bond acceptors (Lipinski definition) is 5. The van der Waals surface area contributed by atoms with Gasteiger partial charge >= 0.3 is 6.01 Å². The molecule has 104 valence electrons. The fraction of sp³-hybridized carbons (Fsp3) is 0.583. The number of aliphatic imine (C=N–C) groups is 1. The van der Waals surface area contributed by atoms with Crippen LogP contribution in [-0.2, 0) is 0 Å². The van der Waals surface area contributed by atoms with Gasteiger partial charge in [0, 0.05) is 26.2 Å². The molecule has 0 amide bonds. The summed E-state index contributed by atoms with van der Waals surface area (Å²) in [5.41, 5.74) is 5.82. The number of aryl methyl sites for hydroxylation is 1. The van der Waals surface area contributed by atoms with Crippen LogP contribution in [0.5, 0.6) is 0 Å². The standard InChI is InChI=1S/C12H20N6O/c1-9-8-15-12(19-9)16-10(13)7-11(14)18-5-3-17(2)4-6-18/h8,14H,3-7H2,1-2H3,(H2,13,15,16).